The maximum Gasteiger partial charge on any atom is 0.328 e. The number of aromatic nitrogens is 2. The van der Waals surface area contributed by atoms with Gasteiger partial charge in [0, 0.05) is 24.8 Å². The first-order valence-corrected chi connectivity index (χ1v) is 6.13. The SMILES string of the molecule is CCc1cn(CC(=O)N(CC)CC)c(=O)[nH]c1=O. The maximum absolute atomic E-state index is 11.9. The number of amides is 1. The van der Waals surface area contributed by atoms with Crippen LogP contribution in [0.4, 0.5) is 0 Å². The Kier molecular flexibility index (Phi) is 4.88. The van der Waals surface area contributed by atoms with Crippen molar-refractivity contribution >= 4 is 5.91 Å². The Morgan fingerprint density at radius 1 is 1.28 bits per heavy atom. The van der Waals surface area contributed by atoms with Crippen LogP contribution >= 0.6 is 0 Å². The topological polar surface area (TPSA) is 75.2 Å². The van der Waals surface area contributed by atoms with E-state index in [-0.39, 0.29) is 18.0 Å². The molecular formula is C12H19N3O3. The van der Waals surface area contributed by atoms with Gasteiger partial charge in [0.1, 0.15) is 6.54 Å². The molecular weight excluding hydrogens is 234 g/mol. The molecule has 0 atom stereocenters. The molecule has 1 rings (SSSR count). The van der Waals surface area contributed by atoms with E-state index in [1.54, 1.807) is 4.90 Å². The number of nitrogens with one attached hydrogen (secondary N) is 1. The zero-order chi connectivity index (χ0) is 13.7. The minimum Gasteiger partial charge on any atom is -0.342 e. The number of carbonyl (C=O) groups excluding carboxylic acids is 1. The molecule has 0 aliphatic heterocycles. The summed E-state index contributed by atoms with van der Waals surface area (Å²) in [4.78, 5) is 38.7. The van der Waals surface area contributed by atoms with Gasteiger partial charge in [0.05, 0.1) is 0 Å². The summed E-state index contributed by atoms with van der Waals surface area (Å²) in [6, 6.07) is 0. The fraction of sp³-hybridized carbons (Fsp3) is 0.583. The van der Waals surface area contributed by atoms with Gasteiger partial charge in [0.2, 0.25) is 5.91 Å². The molecule has 18 heavy (non-hydrogen) atoms. The Bertz CT molecular complexity index is 526. The van der Waals surface area contributed by atoms with Gasteiger partial charge in [-0.1, -0.05) is 6.92 Å². The first-order valence-electron chi connectivity index (χ1n) is 6.13. The van der Waals surface area contributed by atoms with Gasteiger partial charge in [-0.05, 0) is 20.3 Å². The number of likely N-dealkylation sites (N-methyl/N-ethyl adjacent to an activating group) is 1. The van der Waals surface area contributed by atoms with E-state index in [0.717, 1.165) is 0 Å². The fourth-order valence-electron chi connectivity index (χ4n) is 1.75. The zero-order valence-electron chi connectivity index (χ0n) is 11.0. The lowest BCUT2D eigenvalue weighted by molar-refractivity contribution is -0.131. The van der Waals surface area contributed by atoms with Gasteiger partial charge in [0.15, 0.2) is 0 Å². The molecule has 1 amide bonds. The summed E-state index contributed by atoms with van der Waals surface area (Å²) in [5.74, 6) is -0.129. The van der Waals surface area contributed by atoms with Crippen LogP contribution in [0.25, 0.3) is 0 Å². The van der Waals surface area contributed by atoms with Crippen molar-refractivity contribution in [2.75, 3.05) is 13.1 Å². The quantitative estimate of drug-likeness (QED) is 0.800. The van der Waals surface area contributed by atoms with E-state index in [1.807, 2.05) is 20.8 Å². The molecule has 0 aliphatic rings. The van der Waals surface area contributed by atoms with Crippen LogP contribution in [0, 0.1) is 0 Å². The molecule has 0 bridgehead atoms. The van der Waals surface area contributed by atoms with Crippen LogP contribution in [0.3, 0.4) is 0 Å². The molecule has 6 heteroatoms. The second-order valence-corrected chi connectivity index (χ2v) is 3.96. The lowest BCUT2D eigenvalue weighted by Gasteiger charge is -2.19. The highest BCUT2D eigenvalue weighted by Gasteiger charge is 2.12. The van der Waals surface area contributed by atoms with E-state index in [9.17, 15) is 14.4 Å². The second kappa shape index (κ2) is 6.18. The van der Waals surface area contributed by atoms with Crippen molar-refractivity contribution in [2.24, 2.45) is 0 Å². The number of rotatable bonds is 5. The lowest BCUT2D eigenvalue weighted by Crippen LogP contribution is -2.39. The molecule has 1 aromatic rings. The van der Waals surface area contributed by atoms with Crippen molar-refractivity contribution in [1.82, 2.24) is 14.5 Å². The molecule has 1 aromatic heterocycles. The van der Waals surface area contributed by atoms with E-state index in [2.05, 4.69) is 4.98 Å². The van der Waals surface area contributed by atoms with Crippen molar-refractivity contribution in [3.63, 3.8) is 0 Å². The van der Waals surface area contributed by atoms with Crippen LogP contribution in [-0.2, 0) is 17.8 Å². The third-order valence-corrected chi connectivity index (χ3v) is 2.89. The summed E-state index contributed by atoms with van der Waals surface area (Å²) < 4.78 is 1.25. The molecule has 100 valence electrons. The highest BCUT2D eigenvalue weighted by Crippen LogP contribution is 1.94. The molecule has 0 radical (unpaired) electrons. The van der Waals surface area contributed by atoms with Crippen molar-refractivity contribution < 1.29 is 4.79 Å². The summed E-state index contributed by atoms with van der Waals surface area (Å²) in [5.41, 5.74) is -0.423. The van der Waals surface area contributed by atoms with E-state index >= 15 is 0 Å². The predicted octanol–water partition coefficient (Wildman–Crippen LogP) is -0.0326. The number of aromatic amines is 1. The van der Waals surface area contributed by atoms with Crippen LogP contribution in [0.2, 0.25) is 0 Å². The molecule has 0 aromatic carbocycles. The summed E-state index contributed by atoms with van der Waals surface area (Å²) in [6.45, 7) is 6.76. The second-order valence-electron chi connectivity index (χ2n) is 3.96. The first kappa shape index (κ1) is 14.2. The van der Waals surface area contributed by atoms with E-state index in [0.29, 0.717) is 25.1 Å². The number of aryl methyl sites for hydroxylation is 1. The lowest BCUT2D eigenvalue weighted by atomic mass is 10.2. The highest BCUT2D eigenvalue weighted by atomic mass is 16.2. The first-order chi connectivity index (χ1) is 8.53. The van der Waals surface area contributed by atoms with Crippen LogP contribution in [0.5, 0.6) is 0 Å². The molecule has 0 aliphatic carbocycles. The van der Waals surface area contributed by atoms with Crippen LogP contribution in [0.1, 0.15) is 26.3 Å². The Morgan fingerprint density at radius 2 is 1.89 bits per heavy atom. The summed E-state index contributed by atoms with van der Waals surface area (Å²) in [7, 11) is 0. The van der Waals surface area contributed by atoms with Gasteiger partial charge in [-0.3, -0.25) is 19.1 Å². The van der Waals surface area contributed by atoms with Crippen molar-refractivity contribution in [2.45, 2.75) is 33.7 Å². The highest BCUT2D eigenvalue weighted by molar-refractivity contribution is 5.75. The minimum absolute atomic E-state index is 0.0374. The van der Waals surface area contributed by atoms with E-state index in [4.69, 9.17) is 0 Å². The Balaban J connectivity index is 3.01. The van der Waals surface area contributed by atoms with Gasteiger partial charge < -0.3 is 4.90 Å². The van der Waals surface area contributed by atoms with Gasteiger partial charge in [-0.2, -0.15) is 0 Å². The number of hydrogen-bond acceptors (Lipinski definition) is 3. The molecule has 0 saturated heterocycles. The van der Waals surface area contributed by atoms with Crippen LogP contribution < -0.4 is 11.2 Å². The number of H-pyrrole nitrogens is 1. The molecule has 0 fully saturated rings. The number of hydrogen-bond donors (Lipinski definition) is 1. The molecule has 0 unspecified atom stereocenters. The molecule has 6 nitrogen and oxygen atoms in total. The Labute approximate surface area is 105 Å². The van der Waals surface area contributed by atoms with Crippen molar-refractivity contribution in [3.8, 4) is 0 Å². The maximum atomic E-state index is 11.9. The monoisotopic (exact) mass is 253 g/mol. The summed E-state index contributed by atoms with van der Waals surface area (Å²) in [5, 5.41) is 0. The standard InChI is InChI=1S/C12H19N3O3/c1-4-9-7-15(12(18)13-11(9)17)8-10(16)14(5-2)6-3/h7H,4-6,8H2,1-3H3,(H,13,17,18). The van der Waals surface area contributed by atoms with Crippen LogP contribution in [-0.4, -0.2) is 33.4 Å². The largest absolute Gasteiger partial charge is 0.342 e. The number of carbonyl (C=O) groups is 1. The Morgan fingerprint density at radius 3 is 2.39 bits per heavy atom. The summed E-state index contributed by atoms with van der Waals surface area (Å²) >= 11 is 0. The van der Waals surface area contributed by atoms with E-state index < -0.39 is 5.69 Å². The van der Waals surface area contributed by atoms with Crippen molar-refractivity contribution in [3.05, 3.63) is 32.6 Å². The van der Waals surface area contributed by atoms with Crippen LogP contribution in [0.15, 0.2) is 15.8 Å². The average molecular weight is 253 g/mol. The number of nitrogens with zero attached hydrogens (tertiary/aromatic N) is 2. The Hall–Kier alpha value is -1.85. The predicted molar refractivity (Wildman–Crippen MR) is 68.6 cm³/mol. The van der Waals surface area contributed by atoms with Crippen molar-refractivity contribution in [1.29, 1.82) is 0 Å². The third kappa shape index (κ3) is 3.09. The van der Waals surface area contributed by atoms with Gasteiger partial charge >= 0.3 is 5.69 Å². The fourth-order valence-corrected chi connectivity index (χ4v) is 1.75. The minimum atomic E-state index is -0.544. The zero-order valence-corrected chi connectivity index (χ0v) is 11.0. The van der Waals surface area contributed by atoms with Gasteiger partial charge in [-0.15, -0.1) is 0 Å². The van der Waals surface area contributed by atoms with E-state index in [1.165, 1.54) is 10.8 Å². The molecule has 1 heterocycles. The third-order valence-electron chi connectivity index (χ3n) is 2.89. The normalized spacial score (nSPS) is 10.4. The molecule has 1 N–H and O–H groups in total. The molecule has 0 spiro atoms. The summed E-state index contributed by atoms with van der Waals surface area (Å²) in [6.07, 6.45) is 1.98. The molecule has 0 saturated carbocycles. The average Bonchev–Trinajstić information content (AvgIpc) is 2.34. The van der Waals surface area contributed by atoms with Gasteiger partial charge in [0.25, 0.3) is 5.56 Å². The smallest absolute Gasteiger partial charge is 0.328 e. The van der Waals surface area contributed by atoms with Gasteiger partial charge in [-0.25, -0.2) is 4.79 Å².